The lowest BCUT2D eigenvalue weighted by molar-refractivity contribution is -0.117. The number of phenols is 5. The minimum atomic E-state index is -1.68. The van der Waals surface area contributed by atoms with E-state index in [4.69, 9.17) is 13.9 Å². The Kier molecular flexibility index (Phi) is 5.22. The third-order valence-electron chi connectivity index (χ3n) is 4.98. The Morgan fingerprint density at radius 3 is 2.16 bits per heavy atom. The molecule has 1 aliphatic rings. The standard InChI is InChI=1S/C20H18O12/c21-5-12-15(27)17(29)20(31-12)32-19-16(28)13-8(23)3-7(22)4-11(13)30-18(19)6-1-9(24)14(26)10(25)2-6/h1-4,12,15,17,20-27,29H,5H2/t12-,15-,17+,20+/m0/s1. The minimum absolute atomic E-state index is 0.165. The van der Waals surface area contributed by atoms with Gasteiger partial charge in [-0.05, 0) is 12.1 Å². The summed E-state index contributed by atoms with van der Waals surface area (Å²) in [6.07, 6.45) is -6.06. The van der Waals surface area contributed by atoms with Gasteiger partial charge in [-0.1, -0.05) is 0 Å². The van der Waals surface area contributed by atoms with Gasteiger partial charge in [-0.3, -0.25) is 4.79 Å². The zero-order valence-electron chi connectivity index (χ0n) is 16.0. The maximum absolute atomic E-state index is 13.2. The number of aliphatic hydroxyl groups excluding tert-OH is 3. The van der Waals surface area contributed by atoms with Crippen molar-refractivity contribution >= 4 is 11.0 Å². The molecule has 0 radical (unpaired) electrons. The fraction of sp³-hybridized carbons (Fsp3) is 0.250. The Morgan fingerprint density at radius 1 is 0.906 bits per heavy atom. The van der Waals surface area contributed by atoms with E-state index in [1.165, 1.54) is 0 Å². The van der Waals surface area contributed by atoms with Crippen LogP contribution in [0.5, 0.6) is 34.5 Å². The Hall–Kier alpha value is -3.71. The number of hydrogen-bond donors (Lipinski definition) is 8. The topological polar surface area (TPSA) is 211 Å². The second-order valence-electron chi connectivity index (χ2n) is 7.12. The molecule has 32 heavy (non-hydrogen) atoms. The lowest BCUT2D eigenvalue weighted by Gasteiger charge is -2.19. The molecule has 8 N–H and O–H groups in total. The van der Waals surface area contributed by atoms with E-state index >= 15 is 0 Å². The number of rotatable bonds is 4. The first kappa shape index (κ1) is 21.5. The number of aromatic hydroxyl groups is 5. The predicted molar refractivity (Wildman–Crippen MR) is 105 cm³/mol. The second kappa shape index (κ2) is 7.76. The zero-order valence-corrected chi connectivity index (χ0v) is 16.0. The maximum Gasteiger partial charge on any atom is 0.239 e. The van der Waals surface area contributed by atoms with E-state index < -0.39 is 82.3 Å². The first-order valence-corrected chi connectivity index (χ1v) is 9.19. The van der Waals surface area contributed by atoms with Crippen molar-refractivity contribution < 1.29 is 54.7 Å². The summed E-state index contributed by atoms with van der Waals surface area (Å²) in [7, 11) is 0. The predicted octanol–water partition coefficient (Wildman–Crippen LogP) is -0.194. The molecule has 0 aliphatic carbocycles. The van der Waals surface area contributed by atoms with Crippen molar-refractivity contribution in [3.8, 4) is 45.8 Å². The van der Waals surface area contributed by atoms with Crippen LogP contribution in [-0.4, -0.2) is 72.1 Å². The molecule has 0 unspecified atom stereocenters. The van der Waals surface area contributed by atoms with Crippen LogP contribution in [-0.2, 0) is 4.74 Å². The van der Waals surface area contributed by atoms with Crippen LogP contribution < -0.4 is 10.2 Å². The molecular formula is C20H18O12. The molecule has 0 saturated carbocycles. The highest BCUT2D eigenvalue weighted by molar-refractivity contribution is 5.88. The molecule has 1 aliphatic heterocycles. The summed E-state index contributed by atoms with van der Waals surface area (Å²) in [6.45, 7) is -0.656. The van der Waals surface area contributed by atoms with Crippen LogP contribution in [0.25, 0.3) is 22.3 Å². The van der Waals surface area contributed by atoms with Crippen LogP contribution in [0.15, 0.2) is 33.5 Å². The Balaban J connectivity index is 1.95. The Labute approximate surface area is 178 Å². The Morgan fingerprint density at radius 2 is 1.56 bits per heavy atom. The van der Waals surface area contributed by atoms with Crippen LogP contribution >= 0.6 is 0 Å². The van der Waals surface area contributed by atoms with E-state index in [9.17, 15) is 45.6 Å². The molecule has 0 amide bonds. The number of aliphatic hydroxyl groups is 3. The van der Waals surface area contributed by atoms with Gasteiger partial charge >= 0.3 is 0 Å². The van der Waals surface area contributed by atoms with E-state index in [2.05, 4.69) is 0 Å². The van der Waals surface area contributed by atoms with Gasteiger partial charge < -0.3 is 54.7 Å². The smallest absolute Gasteiger partial charge is 0.239 e. The zero-order chi connectivity index (χ0) is 23.3. The fourth-order valence-corrected chi connectivity index (χ4v) is 3.38. The summed E-state index contributed by atoms with van der Waals surface area (Å²) < 4.78 is 16.3. The van der Waals surface area contributed by atoms with Gasteiger partial charge in [-0.15, -0.1) is 0 Å². The van der Waals surface area contributed by atoms with Crippen molar-refractivity contribution in [3.63, 3.8) is 0 Å². The minimum Gasteiger partial charge on any atom is -0.508 e. The third kappa shape index (κ3) is 3.40. The van der Waals surface area contributed by atoms with Crippen LogP contribution in [0.3, 0.4) is 0 Å². The molecule has 1 aromatic heterocycles. The molecule has 4 atom stereocenters. The quantitative estimate of drug-likeness (QED) is 0.243. The van der Waals surface area contributed by atoms with Gasteiger partial charge in [0.2, 0.25) is 17.5 Å². The summed E-state index contributed by atoms with van der Waals surface area (Å²) in [4.78, 5) is 13.2. The average Bonchev–Trinajstić information content (AvgIpc) is 3.00. The lowest BCUT2D eigenvalue weighted by atomic mass is 10.1. The average molecular weight is 450 g/mol. The van der Waals surface area contributed by atoms with Gasteiger partial charge in [0.15, 0.2) is 23.0 Å². The van der Waals surface area contributed by atoms with Gasteiger partial charge in [0.05, 0.1) is 6.61 Å². The summed E-state index contributed by atoms with van der Waals surface area (Å²) in [6, 6.07) is 3.78. The summed E-state index contributed by atoms with van der Waals surface area (Å²) >= 11 is 0. The first-order chi connectivity index (χ1) is 15.1. The van der Waals surface area contributed by atoms with Gasteiger partial charge in [0.25, 0.3) is 0 Å². The lowest BCUT2D eigenvalue weighted by Crippen LogP contribution is -2.36. The SMILES string of the molecule is O=c1c(O[C@H]2O[C@@H](CO)[C@H](O)[C@H]2O)c(-c2cc(O)c(O)c(O)c2)oc2cc(O)cc(O)c12. The van der Waals surface area contributed by atoms with E-state index in [1.54, 1.807) is 0 Å². The highest BCUT2D eigenvalue weighted by atomic mass is 16.7. The molecule has 170 valence electrons. The summed E-state index contributed by atoms with van der Waals surface area (Å²) in [5, 5.41) is 78.1. The second-order valence-corrected chi connectivity index (χ2v) is 7.12. The molecule has 12 heteroatoms. The molecule has 0 spiro atoms. The molecular weight excluding hydrogens is 432 g/mol. The first-order valence-electron chi connectivity index (χ1n) is 9.19. The number of ether oxygens (including phenoxy) is 2. The van der Waals surface area contributed by atoms with Crippen molar-refractivity contribution in [1.29, 1.82) is 0 Å². The number of hydrogen-bond acceptors (Lipinski definition) is 12. The van der Waals surface area contributed by atoms with Crippen LogP contribution in [0.4, 0.5) is 0 Å². The van der Waals surface area contributed by atoms with Gasteiger partial charge in [-0.25, -0.2) is 0 Å². The van der Waals surface area contributed by atoms with Crippen molar-refractivity contribution in [2.75, 3.05) is 6.61 Å². The number of benzene rings is 2. The molecule has 1 fully saturated rings. The monoisotopic (exact) mass is 450 g/mol. The largest absolute Gasteiger partial charge is 0.508 e. The summed E-state index contributed by atoms with van der Waals surface area (Å²) in [5.74, 6) is -4.53. The normalized spacial score (nSPS) is 23.0. The molecule has 12 nitrogen and oxygen atoms in total. The maximum atomic E-state index is 13.2. The third-order valence-corrected chi connectivity index (χ3v) is 4.98. The summed E-state index contributed by atoms with van der Waals surface area (Å²) in [5.41, 5.74) is -1.44. The molecule has 2 heterocycles. The highest BCUT2D eigenvalue weighted by Crippen LogP contribution is 2.43. The number of phenolic OH excluding ortho intramolecular Hbond substituents is 5. The van der Waals surface area contributed by atoms with E-state index in [0.29, 0.717) is 0 Å². The van der Waals surface area contributed by atoms with Crippen molar-refractivity contribution in [2.45, 2.75) is 24.6 Å². The van der Waals surface area contributed by atoms with Crippen molar-refractivity contribution in [2.24, 2.45) is 0 Å². The molecule has 0 bridgehead atoms. The Bertz CT molecular complexity index is 1230. The van der Waals surface area contributed by atoms with Crippen LogP contribution in [0.1, 0.15) is 0 Å². The van der Waals surface area contributed by atoms with E-state index in [0.717, 1.165) is 24.3 Å². The van der Waals surface area contributed by atoms with Crippen LogP contribution in [0.2, 0.25) is 0 Å². The number of fused-ring (bicyclic) bond motifs is 1. The molecule has 2 aromatic carbocycles. The van der Waals surface area contributed by atoms with Gasteiger partial charge in [0.1, 0.15) is 40.8 Å². The van der Waals surface area contributed by atoms with E-state index in [-0.39, 0.29) is 11.1 Å². The molecule has 1 saturated heterocycles. The van der Waals surface area contributed by atoms with Gasteiger partial charge in [-0.2, -0.15) is 0 Å². The van der Waals surface area contributed by atoms with Crippen molar-refractivity contribution in [3.05, 3.63) is 34.5 Å². The van der Waals surface area contributed by atoms with Gasteiger partial charge in [0, 0.05) is 17.7 Å². The van der Waals surface area contributed by atoms with Crippen molar-refractivity contribution in [1.82, 2.24) is 0 Å². The fourth-order valence-electron chi connectivity index (χ4n) is 3.38. The van der Waals surface area contributed by atoms with E-state index in [1.807, 2.05) is 0 Å². The van der Waals surface area contributed by atoms with Crippen LogP contribution in [0, 0.1) is 0 Å². The molecule has 3 aromatic rings. The molecule has 4 rings (SSSR count). The highest BCUT2D eigenvalue weighted by Gasteiger charge is 2.44.